The van der Waals surface area contributed by atoms with E-state index in [0.717, 1.165) is 39.1 Å². The third-order valence-electron chi connectivity index (χ3n) is 11.1. The van der Waals surface area contributed by atoms with Crippen LogP contribution in [0.25, 0.3) is 0 Å². The summed E-state index contributed by atoms with van der Waals surface area (Å²) in [7, 11) is 2.07. The second-order valence-electron chi connectivity index (χ2n) is 14.2. The lowest BCUT2D eigenvalue weighted by atomic mass is 9.69. The molecule has 1 amide bonds. The molecule has 5 heterocycles. The van der Waals surface area contributed by atoms with Gasteiger partial charge in [0.1, 0.15) is 6.29 Å². The number of fused-ring (bicyclic) bond motifs is 3. The maximum absolute atomic E-state index is 11.7. The van der Waals surface area contributed by atoms with Gasteiger partial charge in [-0.15, -0.1) is 0 Å². The van der Waals surface area contributed by atoms with Gasteiger partial charge in [-0.2, -0.15) is 0 Å². The van der Waals surface area contributed by atoms with E-state index >= 15 is 0 Å². The Morgan fingerprint density at radius 1 is 1.03 bits per heavy atom. The molecule has 6 N–H and O–H groups in total. The average Bonchev–Trinajstić information content (AvgIpc) is 3.43. The molecule has 216 valence electrons. The standard InChI is InChI=1S/C29H53N7O2/c1-28(2)13-23-29(3,17-38-28)22-16-32-27(34-20-10-8-18(9-11-20)19-12-25(37)31-14-19)35-26(22)36(23)24-7-5-6-21(33-24)15-30-4/h18-24,26-27,30,32-35H,5-17H2,1-4H3,(H,31,37)/t18?,19-,20?,21?,22?,23+,24?,26?,27?,29+/m1/s1. The van der Waals surface area contributed by atoms with Crippen molar-refractivity contribution in [1.82, 2.24) is 36.8 Å². The van der Waals surface area contributed by atoms with Crippen LogP contribution in [-0.2, 0) is 9.53 Å². The zero-order valence-corrected chi connectivity index (χ0v) is 24.2. The van der Waals surface area contributed by atoms with Gasteiger partial charge < -0.3 is 15.4 Å². The zero-order valence-electron chi connectivity index (χ0n) is 24.2. The van der Waals surface area contributed by atoms with E-state index in [1.165, 1.54) is 44.9 Å². The summed E-state index contributed by atoms with van der Waals surface area (Å²) in [6.07, 6.45) is 11.3. The number of rotatable bonds is 6. The average molecular weight is 532 g/mol. The van der Waals surface area contributed by atoms with Crippen molar-refractivity contribution in [1.29, 1.82) is 0 Å². The van der Waals surface area contributed by atoms with E-state index in [4.69, 9.17) is 4.74 Å². The summed E-state index contributed by atoms with van der Waals surface area (Å²) in [4.78, 5) is 14.6. The quantitative estimate of drug-likeness (QED) is 0.305. The minimum Gasteiger partial charge on any atom is -0.375 e. The Hall–Kier alpha value is -0.810. The summed E-state index contributed by atoms with van der Waals surface area (Å²) in [6, 6.07) is 1.56. The summed E-state index contributed by atoms with van der Waals surface area (Å²) >= 11 is 0. The number of hydrogen-bond donors (Lipinski definition) is 6. The minimum atomic E-state index is -0.0852. The van der Waals surface area contributed by atoms with E-state index in [0.29, 0.717) is 48.2 Å². The lowest BCUT2D eigenvalue weighted by Gasteiger charge is -2.49. The first-order valence-electron chi connectivity index (χ1n) is 15.6. The molecule has 9 heteroatoms. The largest absolute Gasteiger partial charge is 0.375 e. The van der Waals surface area contributed by atoms with Gasteiger partial charge in [0.05, 0.1) is 24.5 Å². The summed E-state index contributed by atoms with van der Waals surface area (Å²) in [5, 5.41) is 22.4. The summed E-state index contributed by atoms with van der Waals surface area (Å²) in [6.45, 7) is 10.8. The van der Waals surface area contributed by atoms with Crippen molar-refractivity contribution in [3.63, 3.8) is 0 Å². The molecule has 8 atom stereocenters. The fourth-order valence-corrected chi connectivity index (χ4v) is 8.90. The topological polar surface area (TPSA) is 102 Å². The number of carbonyl (C=O) groups is 1. The van der Waals surface area contributed by atoms with Crippen molar-refractivity contribution < 1.29 is 9.53 Å². The van der Waals surface area contributed by atoms with Crippen LogP contribution in [0.1, 0.15) is 78.6 Å². The summed E-state index contributed by atoms with van der Waals surface area (Å²) in [5.74, 6) is 2.00. The maximum atomic E-state index is 11.7. The van der Waals surface area contributed by atoms with Gasteiger partial charge in [-0.05, 0) is 84.1 Å². The lowest BCUT2D eigenvalue weighted by molar-refractivity contribution is -0.141. The van der Waals surface area contributed by atoms with E-state index in [1.54, 1.807) is 0 Å². The number of ether oxygens (including phenoxy) is 1. The maximum Gasteiger partial charge on any atom is 0.220 e. The van der Waals surface area contributed by atoms with Crippen LogP contribution in [0.15, 0.2) is 0 Å². The molecule has 5 saturated heterocycles. The molecule has 5 aliphatic heterocycles. The predicted octanol–water partition coefficient (Wildman–Crippen LogP) is 1.27. The third kappa shape index (κ3) is 5.29. The molecule has 0 radical (unpaired) electrons. The van der Waals surface area contributed by atoms with Crippen LogP contribution in [0.2, 0.25) is 0 Å². The Kier molecular flexibility index (Phi) is 7.83. The molecule has 6 rings (SSSR count). The number of nitrogens with zero attached hydrogens (tertiary/aromatic N) is 1. The predicted molar refractivity (Wildman–Crippen MR) is 149 cm³/mol. The highest BCUT2D eigenvalue weighted by Gasteiger charge is 2.62. The molecule has 0 aromatic rings. The first-order chi connectivity index (χ1) is 18.3. The van der Waals surface area contributed by atoms with Crippen molar-refractivity contribution in [2.45, 2.75) is 121 Å². The van der Waals surface area contributed by atoms with Crippen LogP contribution in [-0.4, -0.2) is 86.4 Å². The van der Waals surface area contributed by atoms with E-state index in [1.807, 2.05) is 0 Å². The van der Waals surface area contributed by atoms with Gasteiger partial charge in [0, 0.05) is 55.5 Å². The Balaban J connectivity index is 1.13. The van der Waals surface area contributed by atoms with Gasteiger partial charge in [-0.25, -0.2) is 0 Å². The monoisotopic (exact) mass is 531 g/mol. The highest BCUT2D eigenvalue weighted by molar-refractivity contribution is 5.78. The molecule has 0 aromatic heterocycles. The SMILES string of the molecule is CNCC1CCCC(N2C3NC(NC4CCC([C@H]5CNC(=O)C5)CC4)NCC3[C@]3(C)COC(C)(C)C[C@H]23)N1. The smallest absolute Gasteiger partial charge is 0.220 e. The number of hydrogen-bond acceptors (Lipinski definition) is 8. The van der Waals surface area contributed by atoms with Crippen molar-refractivity contribution in [2.75, 3.05) is 33.3 Å². The zero-order chi connectivity index (χ0) is 26.5. The van der Waals surface area contributed by atoms with E-state index in [-0.39, 0.29) is 23.2 Å². The molecule has 1 aliphatic carbocycles. The van der Waals surface area contributed by atoms with E-state index in [2.05, 4.69) is 64.6 Å². The van der Waals surface area contributed by atoms with Crippen molar-refractivity contribution in [2.24, 2.45) is 23.2 Å². The number of nitrogens with one attached hydrogen (secondary N) is 6. The van der Waals surface area contributed by atoms with Gasteiger partial charge in [-0.1, -0.05) is 6.92 Å². The molecule has 0 aromatic carbocycles. The Morgan fingerprint density at radius 3 is 2.58 bits per heavy atom. The van der Waals surface area contributed by atoms with Crippen LogP contribution in [0.4, 0.5) is 0 Å². The van der Waals surface area contributed by atoms with Crippen LogP contribution in [0, 0.1) is 23.2 Å². The summed E-state index contributed by atoms with van der Waals surface area (Å²) in [5.41, 5.74) is 0.0474. The molecular weight excluding hydrogens is 478 g/mol. The minimum absolute atomic E-state index is 0.0852. The molecule has 6 aliphatic rings. The first kappa shape index (κ1) is 27.4. The molecule has 38 heavy (non-hydrogen) atoms. The van der Waals surface area contributed by atoms with Crippen LogP contribution in [0.3, 0.4) is 0 Å². The highest BCUT2D eigenvalue weighted by Crippen LogP contribution is 2.53. The summed E-state index contributed by atoms with van der Waals surface area (Å²) < 4.78 is 6.48. The molecule has 6 fully saturated rings. The molecule has 9 nitrogen and oxygen atoms in total. The number of likely N-dealkylation sites (tertiary alicyclic amines) is 1. The normalized spacial score (nSPS) is 47.4. The van der Waals surface area contributed by atoms with Gasteiger partial charge in [0.2, 0.25) is 5.91 Å². The second-order valence-corrected chi connectivity index (χ2v) is 14.2. The van der Waals surface area contributed by atoms with Gasteiger partial charge in [0.25, 0.3) is 0 Å². The highest BCUT2D eigenvalue weighted by atomic mass is 16.5. The number of carbonyl (C=O) groups excluding carboxylic acids is 1. The van der Waals surface area contributed by atoms with Crippen LogP contribution >= 0.6 is 0 Å². The van der Waals surface area contributed by atoms with Crippen LogP contribution < -0.4 is 31.9 Å². The Morgan fingerprint density at radius 2 is 1.84 bits per heavy atom. The third-order valence-corrected chi connectivity index (χ3v) is 11.1. The molecule has 5 unspecified atom stereocenters. The van der Waals surface area contributed by atoms with Gasteiger partial charge in [-0.3, -0.25) is 31.0 Å². The molecule has 1 saturated carbocycles. The number of amides is 1. The van der Waals surface area contributed by atoms with Crippen molar-refractivity contribution >= 4 is 5.91 Å². The van der Waals surface area contributed by atoms with E-state index < -0.39 is 0 Å². The second kappa shape index (κ2) is 10.9. The Bertz CT molecular complexity index is 847. The van der Waals surface area contributed by atoms with E-state index in [9.17, 15) is 4.79 Å². The molecule has 0 spiro atoms. The van der Waals surface area contributed by atoms with Crippen molar-refractivity contribution in [3.8, 4) is 0 Å². The van der Waals surface area contributed by atoms with Crippen molar-refractivity contribution in [3.05, 3.63) is 0 Å². The number of piperidine rings is 1. The fourth-order valence-electron chi connectivity index (χ4n) is 8.90. The molecule has 0 bridgehead atoms. The van der Waals surface area contributed by atoms with Crippen LogP contribution in [0.5, 0.6) is 0 Å². The fraction of sp³-hybridized carbons (Fsp3) is 0.966. The Labute approximate surface area is 229 Å². The lowest BCUT2D eigenvalue weighted by Crippen LogP contribution is -2.70. The first-order valence-corrected chi connectivity index (χ1v) is 15.6. The molecular formula is C29H53N7O2. The van der Waals surface area contributed by atoms with Gasteiger partial charge >= 0.3 is 0 Å². The number of likely N-dealkylation sites (N-methyl/N-ethyl adjacent to an activating group) is 1. The van der Waals surface area contributed by atoms with Gasteiger partial charge in [0.15, 0.2) is 0 Å².